The van der Waals surface area contributed by atoms with Crippen molar-refractivity contribution in [1.82, 2.24) is 0 Å². The lowest BCUT2D eigenvalue weighted by atomic mass is 9.55. The van der Waals surface area contributed by atoms with Gasteiger partial charge in [0, 0.05) is 6.61 Å². The number of aliphatic hydroxyl groups is 1. The number of hydrogen-bond donors (Lipinski definition) is 2. The molecule has 4 rings (SSSR count). The Balaban J connectivity index is 1.74. The maximum absolute atomic E-state index is 10.5. The lowest BCUT2D eigenvalue weighted by Crippen LogP contribution is -2.44. The van der Waals surface area contributed by atoms with Crippen LogP contribution in [0.15, 0.2) is 18.2 Å². The van der Waals surface area contributed by atoms with E-state index in [1.807, 2.05) is 19.1 Å². The summed E-state index contributed by atoms with van der Waals surface area (Å²) in [7, 11) is 0. The van der Waals surface area contributed by atoms with E-state index in [2.05, 4.69) is 13.0 Å². The zero-order chi connectivity index (χ0) is 16.2. The molecule has 126 valence electrons. The van der Waals surface area contributed by atoms with Gasteiger partial charge in [-0.05, 0) is 85.5 Å². The second-order valence-corrected chi connectivity index (χ2v) is 8.01. The summed E-state index contributed by atoms with van der Waals surface area (Å²) >= 11 is 0. The molecule has 0 heterocycles. The number of phenols is 1. The number of aliphatic hydroxyl groups excluding tert-OH is 1. The Morgan fingerprint density at radius 2 is 2.04 bits per heavy atom. The number of aromatic hydroxyl groups is 1. The van der Waals surface area contributed by atoms with Crippen molar-refractivity contribution in [1.29, 1.82) is 0 Å². The minimum absolute atomic E-state index is 0.0865. The first-order chi connectivity index (χ1) is 11.0. The van der Waals surface area contributed by atoms with Crippen LogP contribution in [-0.2, 0) is 4.74 Å². The van der Waals surface area contributed by atoms with Gasteiger partial charge in [-0.25, -0.2) is 0 Å². The minimum atomic E-state index is -0.139. The van der Waals surface area contributed by atoms with E-state index in [1.165, 1.54) is 11.1 Å². The van der Waals surface area contributed by atoms with Gasteiger partial charge in [0.15, 0.2) is 0 Å². The van der Waals surface area contributed by atoms with Crippen LogP contribution in [0.3, 0.4) is 0 Å². The fourth-order valence-electron chi connectivity index (χ4n) is 5.89. The first-order valence-corrected chi connectivity index (χ1v) is 9.17. The van der Waals surface area contributed by atoms with Gasteiger partial charge in [0.2, 0.25) is 0 Å². The van der Waals surface area contributed by atoms with Gasteiger partial charge in [0.25, 0.3) is 0 Å². The Labute approximate surface area is 138 Å². The summed E-state index contributed by atoms with van der Waals surface area (Å²) in [4.78, 5) is 0. The highest BCUT2D eigenvalue weighted by Gasteiger charge is 2.55. The molecule has 0 aromatic heterocycles. The Morgan fingerprint density at radius 1 is 1.22 bits per heavy atom. The molecule has 0 radical (unpaired) electrons. The summed E-state index contributed by atoms with van der Waals surface area (Å²) in [5.41, 5.74) is 2.66. The first-order valence-electron chi connectivity index (χ1n) is 9.17. The Morgan fingerprint density at radius 3 is 2.83 bits per heavy atom. The SMILES string of the molecule is CCO[C@H]1C[C@@H]2[C@H](CC[C@]3(C)[C@@H](O)CC[C@@H]23)c2ccc(O)cc21. The molecule has 3 heteroatoms. The van der Waals surface area contributed by atoms with E-state index in [-0.39, 0.29) is 17.6 Å². The summed E-state index contributed by atoms with van der Waals surface area (Å²) in [5, 5.41) is 20.4. The van der Waals surface area contributed by atoms with Crippen molar-refractivity contribution >= 4 is 0 Å². The molecule has 0 aliphatic heterocycles. The van der Waals surface area contributed by atoms with E-state index in [0.29, 0.717) is 30.1 Å². The predicted molar refractivity (Wildman–Crippen MR) is 89.4 cm³/mol. The van der Waals surface area contributed by atoms with Gasteiger partial charge < -0.3 is 14.9 Å². The maximum atomic E-state index is 10.5. The van der Waals surface area contributed by atoms with Crippen LogP contribution < -0.4 is 0 Å². The van der Waals surface area contributed by atoms with E-state index < -0.39 is 0 Å². The summed E-state index contributed by atoms with van der Waals surface area (Å²) in [6, 6.07) is 5.84. The van der Waals surface area contributed by atoms with Crippen LogP contribution in [0.1, 0.15) is 69.1 Å². The van der Waals surface area contributed by atoms with E-state index in [9.17, 15) is 10.2 Å². The highest BCUT2D eigenvalue weighted by Crippen LogP contribution is 2.62. The zero-order valence-corrected chi connectivity index (χ0v) is 14.2. The standard InChI is InChI=1S/C20H28O3/c1-3-23-18-11-15-14(13-5-4-12(21)10-16(13)18)8-9-20(2)17(15)6-7-19(20)22/h4-5,10,14-15,17-19,21-22H,3,6-9,11H2,1-2H3/t14-,15-,17+,18+,19+,20+/m1/s1. The summed E-state index contributed by atoms with van der Waals surface area (Å²) in [5.74, 6) is 2.09. The fraction of sp³-hybridized carbons (Fsp3) is 0.700. The van der Waals surface area contributed by atoms with Crippen LogP contribution in [-0.4, -0.2) is 22.9 Å². The van der Waals surface area contributed by atoms with Crippen molar-refractivity contribution in [2.24, 2.45) is 17.3 Å². The third-order valence-electron chi connectivity index (χ3n) is 7.06. The van der Waals surface area contributed by atoms with Crippen LogP contribution in [0, 0.1) is 17.3 Å². The molecule has 2 N–H and O–H groups in total. The third-order valence-corrected chi connectivity index (χ3v) is 7.06. The van der Waals surface area contributed by atoms with Crippen molar-refractivity contribution in [3.8, 4) is 5.75 Å². The molecule has 6 atom stereocenters. The van der Waals surface area contributed by atoms with Crippen LogP contribution in [0.2, 0.25) is 0 Å². The molecule has 1 aromatic carbocycles. The van der Waals surface area contributed by atoms with Gasteiger partial charge in [-0.15, -0.1) is 0 Å². The predicted octanol–water partition coefficient (Wildman–Crippen LogP) is 4.14. The molecule has 23 heavy (non-hydrogen) atoms. The maximum Gasteiger partial charge on any atom is 0.115 e. The van der Waals surface area contributed by atoms with E-state index in [1.54, 1.807) is 0 Å². The summed E-state index contributed by atoms with van der Waals surface area (Å²) < 4.78 is 6.05. The number of benzene rings is 1. The molecule has 2 fully saturated rings. The number of ether oxygens (including phenoxy) is 1. The highest BCUT2D eigenvalue weighted by atomic mass is 16.5. The van der Waals surface area contributed by atoms with Gasteiger partial charge in [0.05, 0.1) is 12.2 Å². The molecular weight excluding hydrogens is 288 g/mol. The van der Waals surface area contributed by atoms with Gasteiger partial charge in [0.1, 0.15) is 5.75 Å². The Kier molecular flexibility index (Phi) is 3.69. The van der Waals surface area contributed by atoms with Gasteiger partial charge >= 0.3 is 0 Å². The largest absolute Gasteiger partial charge is 0.508 e. The Hall–Kier alpha value is -1.06. The third kappa shape index (κ3) is 2.24. The molecule has 0 unspecified atom stereocenters. The molecule has 0 saturated heterocycles. The lowest BCUT2D eigenvalue weighted by Gasteiger charge is -2.51. The quantitative estimate of drug-likeness (QED) is 0.862. The van der Waals surface area contributed by atoms with Crippen LogP contribution in [0.5, 0.6) is 5.75 Å². The molecule has 1 aromatic rings. The molecule has 2 saturated carbocycles. The van der Waals surface area contributed by atoms with Crippen LogP contribution in [0.25, 0.3) is 0 Å². The van der Waals surface area contributed by atoms with Gasteiger partial charge in [-0.2, -0.15) is 0 Å². The Bertz CT molecular complexity index is 599. The van der Waals surface area contributed by atoms with Crippen molar-refractivity contribution in [3.05, 3.63) is 29.3 Å². The van der Waals surface area contributed by atoms with E-state index >= 15 is 0 Å². The monoisotopic (exact) mass is 316 g/mol. The number of hydrogen-bond acceptors (Lipinski definition) is 3. The van der Waals surface area contributed by atoms with E-state index in [4.69, 9.17) is 4.74 Å². The second-order valence-electron chi connectivity index (χ2n) is 8.01. The fourth-order valence-corrected chi connectivity index (χ4v) is 5.89. The van der Waals surface area contributed by atoms with Crippen molar-refractivity contribution in [2.75, 3.05) is 6.61 Å². The topological polar surface area (TPSA) is 49.7 Å². The van der Waals surface area contributed by atoms with Gasteiger partial charge in [-0.3, -0.25) is 0 Å². The second kappa shape index (κ2) is 5.49. The van der Waals surface area contributed by atoms with Crippen molar-refractivity contribution < 1.29 is 14.9 Å². The van der Waals surface area contributed by atoms with Crippen molar-refractivity contribution in [3.63, 3.8) is 0 Å². The molecule has 0 amide bonds. The highest BCUT2D eigenvalue weighted by molar-refractivity contribution is 5.41. The van der Waals surface area contributed by atoms with Gasteiger partial charge in [-0.1, -0.05) is 13.0 Å². The average Bonchev–Trinajstić information content (AvgIpc) is 2.83. The zero-order valence-electron chi connectivity index (χ0n) is 14.2. The molecule has 0 bridgehead atoms. The lowest BCUT2D eigenvalue weighted by molar-refractivity contribution is -0.0491. The van der Waals surface area contributed by atoms with Crippen LogP contribution >= 0.6 is 0 Å². The molecule has 0 spiro atoms. The number of phenolic OH excluding ortho intramolecular Hbond substituents is 1. The van der Waals surface area contributed by atoms with Crippen molar-refractivity contribution in [2.45, 2.75) is 64.1 Å². The molecule has 3 nitrogen and oxygen atoms in total. The molecule has 3 aliphatic carbocycles. The smallest absolute Gasteiger partial charge is 0.115 e. The average molecular weight is 316 g/mol. The number of rotatable bonds is 2. The molecular formula is C20H28O3. The van der Waals surface area contributed by atoms with Crippen LogP contribution in [0.4, 0.5) is 0 Å². The number of fused-ring (bicyclic) bond motifs is 5. The normalized spacial score (nSPS) is 42.0. The van der Waals surface area contributed by atoms with E-state index in [0.717, 1.165) is 32.1 Å². The molecule has 3 aliphatic rings. The minimum Gasteiger partial charge on any atom is -0.508 e. The summed E-state index contributed by atoms with van der Waals surface area (Å²) in [6.45, 7) is 5.04. The summed E-state index contributed by atoms with van der Waals surface area (Å²) in [6.07, 6.45) is 5.33. The first kappa shape index (κ1) is 15.5.